The van der Waals surface area contributed by atoms with Crippen LogP contribution in [0.3, 0.4) is 0 Å². The van der Waals surface area contributed by atoms with Gasteiger partial charge in [-0.05, 0) is 18.9 Å². The van der Waals surface area contributed by atoms with Gasteiger partial charge >= 0.3 is 5.97 Å². The van der Waals surface area contributed by atoms with Crippen LogP contribution in [-0.4, -0.2) is 53.1 Å². The Kier molecular flexibility index (Phi) is 3.83. The molecule has 2 N–H and O–H groups in total. The molecule has 19 heavy (non-hydrogen) atoms. The average Bonchev–Trinajstić information content (AvgIpc) is 2.38. The van der Waals surface area contributed by atoms with Gasteiger partial charge in [-0.2, -0.15) is 4.31 Å². The molecule has 0 spiro atoms. The monoisotopic (exact) mass is 286 g/mol. The van der Waals surface area contributed by atoms with Gasteiger partial charge < -0.3 is 10.2 Å². The number of rotatable bonds is 3. The topological polar surface area (TPSA) is 108 Å². The molecule has 0 bridgehead atoms. The van der Waals surface area contributed by atoms with E-state index in [1.165, 1.54) is 6.20 Å². The highest BCUT2D eigenvalue weighted by Crippen LogP contribution is 2.22. The first kappa shape index (κ1) is 13.9. The van der Waals surface area contributed by atoms with Crippen molar-refractivity contribution in [3.63, 3.8) is 0 Å². The molecule has 1 unspecified atom stereocenters. The molecule has 2 heterocycles. The van der Waals surface area contributed by atoms with Gasteiger partial charge in [0, 0.05) is 25.5 Å². The summed E-state index contributed by atoms with van der Waals surface area (Å²) in [7, 11) is -3.94. The largest absolute Gasteiger partial charge is 0.478 e. The zero-order valence-electron chi connectivity index (χ0n) is 10.1. The lowest BCUT2D eigenvalue weighted by Gasteiger charge is -2.29. The second-order valence-corrected chi connectivity index (χ2v) is 6.24. The number of aromatic nitrogens is 1. The zero-order chi connectivity index (χ0) is 14.0. The second kappa shape index (κ2) is 5.24. The van der Waals surface area contributed by atoms with Crippen LogP contribution in [0, 0.1) is 0 Å². The summed E-state index contributed by atoms with van der Waals surface area (Å²) in [4.78, 5) is 14.4. The molecule has 0 aliphatic carbocycles. The molecule has 1 aromatic heterocycles. The number of aliphatic hydroxyl groups excluding tert-OH is 1. The lowest BCUT2D eigenvalue weighted by Crippen LogP contribution is -2.42. The number of carboxylic acid groups (broad SMARTS) is 1. The van der Waals surface area contributed by atoms with Crippen LogP contribution in [0.1, 0.15) is 23.2 Å². The molecule has 1 aliphatic rings. The fraction of sp³-hybridized carbons (Fsp3) is 0.455. The predicted octanol–water partition coefficient (Wildman–Crippen LogP) is -0.0748. The van der Waals surface area contributed by atoms with E-state index in [0.717, 1.165) is 16.6 Å². The Morgan fingerprint density at radius 3 is 2.84 bits per heavy atom. The first-order valence-electron chi connectivity index (χ1n) is 5.78. The van der Waals surface area contributed by atoms with Gasteiger partial charge in [-0.1, -0.05) is 0 Å². The highest BCUT2D eigenvalue weighted by molar-refractivity contribution is 7.89. The van der Waals surface area contributed by atoms with Crippen molar-refractivity contribution < 1.29 is 23.4 Å². The van der Waals surface area contributed by atoms with Gasteiger partial charge in [-0.25, -0.2) is 13.2 Å². The Bertz CT molecular complexity index is 587. The Morgan fingerprint density at radius 1 is 1.47 bits per heavy atom. The van der Waals surface area contributed by atoms with Crippen LogP contribution in [0.15, 0.2) is 23.4 Å². The lowest BCUT2D eigenvalue weighted by molar-refractivity contribution is 0.0692. The summed E-state index contributed by atoms with van der Waals surface area (Å²) in [6.07, 6.45) is 2.63. The molecule has 0 aromatic carbocycles. The fourth-order valence-electron chi connectivity index (χ4n) is 2.04. The average molecular weight is 286 g/mol. The molecule has 8 heteroatoms. The van der Waals surface area contributed by atoms with Crippen molar-refractivity contribution in [1.29, 1.82) is 0 Å². The van der Waals surface area contributed by atoms with Gasteiger partial charge in [0.1, 0.15) is 4.90 Å². The molecule has 0 saturated carbocycles. The maximum atomic E-state index is 12.4. The third-order valence-electron chi connectivity index (χ3n) is 2.99. The van der Waals surface area contributed by atoms with Crippen molar-refractivity contribution in [3.8, 4) is 0 Å². The number of piperidine rings is 1. The number of carbonyl (C=O) groups is 1. The maximum Gasteiger partial charge on any atom is 0.337 e. The SMILES string of the molecule is O=C(O)c1ccncc1S(=O)(=O)N1CCCC(O)C1. The van der Waals surface area contributed by atoms with Crippen molar-refractivity contribution in [1.82, 2.24) is 9.29 Å². The Balaban J connectivity index is 2.42. The summed E-state index contributed by atoms with van der Waals surface area (Å²) in [5.74, 6) is -1.32. The van der Waals surface area contributed by atoms with Crippen LogP contribution in [0.5, 0.6) is 0 Å². The maximum absolute atomic E-state index is 12.4. The fourth-order valence-corrected chi connectivity index (χ4v) is 3.68. The summed E-state index contributed by atoms with van der Waals surface area (Å²) in [5.41, 5.74) is -0.310. The summed E-state index contributed by atoms with van der Waals surface area (Å²) < 4.78 is 25.8. The molecule has 1 atom stereocenters. The molecule has 1 aromatic rings. The van der Waals surface area contributed by atoms with E-state index in [0.29, 0.717) is 12.8 Å². The van der Waals surface area contributed by atoms with E-state index in [-0.39, 0.29) is 23.5 Å². The van der Waals surface area contributed by atoms with Gasteiger partial charge in [0.15, 0.2) is 0 Å². The van der Waals surface area contributed by atoms with Crippen LogP contribution >= 0.6 is 0 Å². The van der Waals surface area contributed by atoms with E-state index < -0.39 is 22.1 Å². The van der Waals surface area contributed by atoms with Crippen LogP contribution in [0.4, 0.5) is 0 Å². The summed E-state index contributed by atoms with van der Waals surface area (Å²) in [6, 6.07) is 1.15. The highest BCUT2D eigenvalue weighted by Gasteiger charge is 2.32. The van der Waals surface area contributed by atoms with Crippen molar-refractivity contribution in [3.05, 3.63) is 24.0 Å². The standard InChI is InChI=1S/C11H14N2O5S/c14-8-2-1-5-13(7-8)19(17,18)10-6-12-4-3-9(10)11(15)16/h3-4,6,8,14H,1-2,5,7H2,(H,15,16). The zero-order valence-corrected chi connectivity index (χ0v) is 10.9. The van der Waals surface area contributed by atoms with Crippen molar-refractivity contribution in [2.75, 3.05) is 13.1 Å². The Hall–Kier alpha value is -1.51. The third-order valence-corrected chi connectivity index (χ3v) is 4.88. The summed E-state index contributed by atoms with van der Waals surface area (Å²) in [5, 5.41) is 18.5. The molecule has 1 fully saturated rings. The van der Waals surface area contributed by atoms with Crippen LogP contribution in [0.25, 0.3) is 0 Å². The van der Waals surface area contributed by atoms with E-state index in [9.17, 15) is 18.3 Å². The number of carboxylic acids is 1. The minimum absolute atomic E-state index is 0.0176. The number of aromatic carboxylic acids is 1. The minimum atomic E-state index is -3.94. The second-order valence-electron chi connectivity index (χ2n) is 4.34. The van der Waals surface area contributed by atoms with Crippen molar-refractivity contribution in [2.24, 2.45) is 0 Å². The molecule has 104 valence electrons. The smallest absolute Gasteiger partial charge is 0.337 e. The molecule has 0 amide bonds. The van der Waals surface area contributed by atoms with E-state index >= 15 is 0 Å². The number of β-amino-alcohol motifs (C(OH)–C–C–N with tert-alkyl or cyclic N) is 1. The first-order chi connectivity index (χ1) is 8.93. The van der Waals surface area contributed by atoms with Crippen LogP contribution in [-0.2, 0) is 10.0 Å². The van der Waals surface area contributed by atoms with Gasteiger partial charge in [0.25, 0.3) is 0 Å². The molecule has 0 radical (unpaired) electrons. The van der Waals surface area contributed by atoms with E-state index in [1.54, 1.807) is 0 Å². The van der Waals surface area contributed by atoms with E-state index in [1.807, 2.05) is 0 Å². The number of pyridine rings is 1. The molecular weight excluding hydrogens is 272 g/mol. The van der Waals surface area contributed by atoms with Crippen molar-refractivity contribution >= 4 is 16.0 Å². The lowest BCUT2D eigenvalue weighted by atomic mass is 10.1. The first-order valence-corrected chi connectivity index (χ1v) is 7.22. The predicted molar refractivity (Wildman–Crippen MR) is 65.2 cm³/mol. The summed E-state index contributed by atoms with van der Waals surface area (Å²) >= 11 is 0. The number of nitrogens with zero attached hydrogens (tertiary/aromatic N) is 2. The molecule has 1 aliphatic heterocycles. The Labute approximate surface area is 110 Å². The number of sulfonamides is 1. The van der Waals surface area contributed by atoms with Gasteiger partial charge in [-0.15, -0.1) is 0 Å². The van der Waals surface area contributed by atoms with Gasteiger partial charge in [-0.3, -0.25) is 4.98 Å². The van der Waals surface area contributed by atoms with Gasteiger partial charge in [0.2, 0.25) is 10.0 Å². The van der Waals surface area contributed by atoms with Crippen molar-refractivity contribution in [2.45, 2.75) is 23.8 Å². The molecule has 1 saturated heterocycles. The molecular formula is C11H14N2O5S. The number of aliphatic hydroxyl groups is 1. The number of hydrogen-bond donors (Lipinski definition) is 2. The normalized spacial score (nSPS) is 21.2. The minimum Gasteiger partial charge on any atom is -0.478 e. The summed E-state index contributed by atoms with van der Waals surface area (Å²) in [6.45, 7) is 0.254. The number of hydrogen-bond acceptors (Lipinski definition) is 5. The molecule has 7 nitrogen and oxygen atoms in total. The highest BCUT2D eigenvalue weighted by atomic mass is 32.2. The van der Waals surface area contributed by atoms with Crippen LogP contribution in [0.2, 0.25) is 0 Å². The quantitative estimate of drug-likeness (QED) is 0.805. The van der Waals surface area contributed by atoms with Crippen LogP contribution < -0.4 is 0 Å². The molecule has 2 rings (SSSR count). The third kappa shape index (κ3) is 2.75. The van der Waals surface area contributed by atoms with E-state index in [4.69, 9.17) is 5.11 Å². The van der Waals surface area contributed by atoms with Gasteiger partial charge in [0.05, 0.1) is 11.7 Å². The van der Waals surface area contributed by atoms with E-state index in [2.05, 4.69) is 4.98 Å². The Morgan fingerprint density at radius 2 is 2.21 bits per heavy atom.